The van der Waals surface area contributed by atoms with Gasteiger partial charge in [0.15, 0.2) is 0 Å². The van der Waals surface area contributed by atoms with Crippen molar-refractivity contribution in [3.05, 3.63) is 107 Å². The van der Waals surface area contributed by atoms with Crippen LogP contribution in [0.15, 0.2) is 79.1 Å². The van der Waals surface area contributed by atoms with Crippen molar-refractivity contribution < 1.29 is 19.5 Å². The van der Waals surface area contributed by atoms with Gasteiger partial charge in [0.25, 0.3) is 5.91 Å². The zero-order chi connectivity index (χ0) is 29.1. The number of tetrazole rings is 1. The van der Waals surface area contributed by atoms with Crippen molar-refractivity contribution in [3.63, 3.8) is 0 Å². The molecule has 41 heavy (non-hydrogen) atoms. The summed E-state index contributed by atoms with van der Waals surface area (Å²) in [5.41, 5.74) is 4.46. The molecule has 0 saturated carbocycles. The Morgan fingerprint density at radius 2 is 1.83 bits per heavy atom. The summed E-state index contributed by atoms with van der Waals surface area (Å²) >= 11 is 0. The van der Waals surface area contributed by atoms with E-state index in [2.05, 4.69) is 41.6 Å². The van der Waals surface area contributed by atoms with Crippen LogP contribution in [-0.2, 0) is 21.4 Å². The van der Waals surface area contributed by atoms with E-state index in [-0.39, 0.29) is 17.4 Å². The molecule has 3 aromatic carbocycles. The summed E-state index contributed by atoms with van der Waals surface area (Å²) in [5, 5.41) is 23.5. The monoisotopic (exact) mass is 550 g/mol. The highest BCUT2D eigenvalue weighted by molar-refractivity contribution is 6.01. The van der Waals surface area contributed by atoms with Crippen LogP contribution in [0.2, 0.25) is 0 Å². The highest BCUT2D eigenvalue weighted by atomic mass is 16.4. The van der Waals surface area contributed by atoms with Crippen LogP contribution < -0.4 is 5.32 Å². The third kappa shape index (κ3) is 5.62. The smallest absolute Gasteiger partial charge is 0.335 e. The van der Waals surface area contributed by atoms with Crippen molar-refractivity contribution in [1.82, 2.24) is 25.1 Å². The van der Waals surface area contributed by atoms with Crippen molar-refractivity contribution in [2.75, 3.05) is 11.9 Å². The van der Waals surface area contributed by atoms with Gasteiger partial charge in [0.2, 0.25) is 5.91 Å². The van der Waals surface area contributed by atoms with E-state index < -0.39 is 17.4 Å². The fourth-order valence-corrected chi connectivity index (χ4v) is 5.21. The number of benzene rings is 3. The number of fused-ring (bicyclic) bond motifs is 1. The summed E-state index contributed by atoms with van der Waals surface area (Å²) < 4.78 is 1.54. The van der Waals surface area contributed by atoms with E-state index in [1.165, 1.54) is 41.4 Å². The predicted octanol–water partition coefficient (Wildman–Crippen LogP) is 4.44. The third-order valence-corrected chi connectivity index (χ3v) is 7.29. The number of aromatic carboxylic acids is 1. The first-order valence-corrected chi connectivity index (χ1v) is 13.3. The van der Waals surface area contributed by atoms with Crippen molar-refractivity contribution in [2.24, 2.45) is 0 Å². The first kappa shape index (κ1) is 27.4. The normalized spacial score (nSPS) is 15.9. The van der Waals surface area contributed by atoms with Crippen molar-refractivity contribution in [2.45, 2.75) is 38.6 Å². The highest BCUT2D eigenvalue weighted by Crippen LogP contribution is 2.40. The Morgan fingerprint density at radius 3 is 2.51 bits per heavy atom. The molecular weight excluding hydrogens is 520 g/mol. The van der Waals surface area contributed by atoms with E-state index in [1.54, 1.807) is 11.0 Å². The largest absolute Gasteiger partial charge is 0.478 e. The molecule has 5 rings (SSSR count). The first-order valence-electron chi connectivity index (χ1n) is 13.3. The minimum atomic E-state index is -1.05. The van der Waals surface area contributed by atoms with Crippen LogP contribution in [0.3, 0.4) is 0 Å². The maximum absolute atomic E-state index is 13.9. The van der Waals surface area contributed by atoms with E-state index in [9.17, 15) is 19.5 Å². The summed E-state index contributed by atoms with van der Waals surface area (Å²) in [4.78, 5) is 40.4. The first-order chi connectivity index (χ1) is 19.7. The van der Waals surface area contributed by atoms with Crippen LogP contribution in [0.5, 0.6) is 0 Å². The SMILES string of the molecule is CCc1ccc(-n2cnnn2)c(/C=C/C(=O)N2CC(C)(C)c3ccccc3C2C(=O)Nc2ccc(C(=O)O)cc2)c1. The van der Waals surface area contributed by atoms with Crippen molar-refractivity contribution in [1.29, 1.82) is 0 Å². The molecule has 2 N–H and O–H groups in total. The molecule has 1 unspecified atom stereocenters. The van der Waals surface area contributed by atoms with Gasteiger partial charge in [-0.25, -0.2) is 4.79 Å². The zero-order valence-electron chi connectivity index (χ0n) is 23.0. The number of aromatic nitrogens is 4. The summed E-state index contributed by atoms with van der Waals surface area (Å²) in [6.45, 7) is 6.47. The number of nitrogens with zero attached hydrogens (tertiary/aromatic N) is 5. The zero-order valence-corrected chi connectivity index (χ0v) is 23.0. The maximum Gasteiger partial charge on any atom is 0.335 e. The van der Waals surface area contributed by atoms with E-state index in [4.69, 9.17) is 0 Å². The molecule has 10 heteroatoms. The second-order valence-corrected chi connectivity index (χ2v) is 10.5. The molecular formula is C31H30N6O4. The van der Waals surface area contributed by atoms with Gasteiger partial charge in [-0.3, -0.25) is 9.59 Å². The summed E-state index contributed by atoms with van der Waals surface area (Å²) in [7, 11) is 0. The van der Waals surface area contributed by atoms with Gasteiger partial charge >= 0.3 is 5.97 Å². The lowest BCUT2D eigenvalue weighted by Crippen LogP contribution is -2.50. The molecule has 2 heterocycles. The third-order valence-electron chi connectivity index (χ3n) is 7.29. The summed E-state index contributed by atoms with van der Waals surface area (Å²) in [6, 6.07) is 18.6. The van der Waals surface area contributed by atoms with Crippen LogP contribution in [0.25, 0.3) is 11.8 Å². The average molecular weight is 551 g/mol. The number of amides is 2. The van der Waals surface area contributed by atoms with Crippen LogP contribution >= 0.6 is 0 Å². The summed E-state index contributed by atoms with van der Waals surface area (Å²) in [5.74, 6) is -1.76. The van der Waals surface area contributed by atoms with E-state index in [1.807, 2.05) is 42.5 Å². The Bertz CT molecular complexity index is 1630. The van der Waals surface area contributed by atoms with E-state index in [0.717, 1.165) is 34.4 Å². The Labute approximate surface area is 237 Å². The molecule has 1 aromatic heterocycles. The Hall–Kier alpha value is -5.12. The van der Waals surface area contributed by atoms with Gasteiger partial charge in [-0.2, -0.15) is 4.68 Å². The van der Waals surface area contributed by atoms with Gasteiger partial charge < -0.3 is 15.3 Å². The minimum Gasteiger partial charge on any atom is -0.478 e. The molecule has 208 valence electrons. The standard InChI is InChI=1S/C31H30N6O4/c1-4-20-9-15-26(37-19-32-34-35-37)22(17-20)12-16-27(38)36-18-31(2,3)25-8-6-5-7-24(25)28(36)29(39)33-23-13-10-21(11-14-23)30(40)41/h5-17,19,28H,4,18H2,1-3H3,(H,33,39)(H,40,41)/b16-12+. The number of rotatable bonds is 7. The molecule has 1 atom stereocenters. The molecule has 10 nitrogen and oxygen atoms in total. The molecule has 4 aromatic rings. The number of anilines is 1. The lowest BCUT2D eigenvalue weighted by Gasteiger charge is -2.44. The molecule has 0 radical (unpaired) electrons. The van der Waals surface area contributed by atoms with Gasteiger partial charge in [-0.1, -0.05) is 51.1 Å². The molecule has 0 fully saturated rings. The topological polar surface area (TPSA) is 130 Å². The highest BCUT2D eigenvalue weighted by Gasteiger charge is 2.42. The molecule has 0 aliphatic carbocycles. The number of nitrogens with one attached hydrogen (secondary N) is 1. The number of carbonyl (C=O) groups excluding carboxylic acids is 2. The summed E-state index contributed by atoms with van der Waals surface area (Å²) in [6.07, 6.45) is 5.52. The van der Waals surface area contributed by atoms with Gasteiger partial charge in [0.1, 0.15) is 12.4 Å². The Kier molecular flexibility index (Phi) is 7.47. The molecule has 2 amide bonds. The van der Waals surface area contributed by atoms with Gasteiger partial charge in [-0.15, -0.1) is 5.10 Å². The van der Waals surface area contributed by atoms with E-state index in [0.29, 0.717) is 12.2 Å². The van der Waals surface area contributed by atoms with E-state index >= 15 is 0 Å². The number of aryl methyl sites for hydroxylation is 1. The minimum absolute atomic E-state index is 0.114. The lowest BCUT2D eigenvalue weighted by atomic mass is 9.75. The molecule has 1 aliphatic rings. The van der Waals surface area contributed by atoms with Crippen LogP contribution in [0, 0.1) is 0 Å². The Morgan fingerprint density at radius 1 is 1.07 bits per heavy atom. The number of carboxylic acid groups (broad SMARTS) is 1. The number of carboxylic acids is 1. The Balaban J connectivity index is 1.50. The lowest BCUT2D eigenvalue weighted by molar-refractivity contribution is -0.136. The second-order valence-electron chi connectivity index (χ2n) is 10.5. The van der Waals surface area contributed by atoms with Gasteiger partial charge in [-0.05, 0) is 76.0 Å². The van der Waals surface area contributed by atoms with Crippen LogP contribution in [0.4, 0.5) is 5.69 Å². The van der Waals surface area contributed by atoms with Gasteiger partial charge in [0.05, 0.1) is 11.3 Å². The van der Waals surface area contributed by atoms with Crippen LogP contribution in [0.1, 0.15) is 59.4 Å². The number of carbonyl (C=O) groups is 3. The second kappa shape index (κ2) is 11.2. The quantitative estimate of drug-likeness (QED) is 0.326. The molecule has 0 bridgehead atoms. The molecule has 0 spiro atoms. The number of hydrogen-bond acceptors (Lipinski definition) is 6. The van der Waals surface area contributed by atoms with Crippen LogP contribution in [-0.4, -0.2) is 54.5 Å². The number of hydrogen-bond donors (Lipinski definition) is 2. The maximum atomic E-state index is 13.9. The van der Waals surface area contributed by atoms with Crippen molar-refractivity contribution >= 4 is 29.5 Å². The predicted molar refractivity (Wildman–Crippen MR) is 154 cm³/mol. The average Bonchev–Trinajstić information content (AvgIpc) is 3.50. The fraction of sp³-hybridized carbons (Fsp3) is 0.226. The van der Waals surface area contributed by atoms with Crippen molar-refractivity contribution in [3.8, 4) is 5.69 Å². The molecule has 1 aliphatic heterocycles. The van der Waals surface area contributed by atoms with Gasteiger partial charge in [0, 0.05) is 29.3 Å². The molecule has 0 saturated heterocycles. The fourth-order valence-electron chi connectivity index (χ4n) is 5.21.